The third kappa shape index (κ3) is 6.14. The molecule has 180 valence electrons. The smallest absolute Gasteiger partial charge is 0.282 e. The highest BCUT2D eigenvalue weighted by atomic mass is 127. The van der Waals surface area contributed by atoms with Crippen molar-refractivity contribution in [2.45, 2.75) is 39.7 Å². The standard InChI is InChI=1S/C27H24BrI2N3O2/c1-4-17(3)26-32-24-10-9-20(28)13-21(24)27(34)33(26)31-14-19-11-22(29)25(23(30)12-19)35-15-18-7-5-16(2)6-8-18/h5-14,17H,4,15H2,1-3H3/t17-/m0/s1. The molecule has 0 saturated heterocycles. The van der Waals surface area contributed by atoms with Crippen molar-refractivity contribution >= 4 is 78.2 Å². The average Bonchev–Trinajstić information content (AvgIpc) is 2.83. The summed E-state index contributed by atoms with van der Waals surface area (Å²) in [5.74, 6) is 1.59. The Kier molecular flexibility index (Phi) is 8.64. The third-order valence-corrected chi connectivity index (χ3v) is 7.83. The molecule has 0 bridgehead atoms. The number of ether oxygens (including phenoxy) is 1. The summed E-state index contributed by atoms with van der Waals surface area (Å²) in [5, 5.41) is 5.13. The Labute approximate surface area is 240 Å². The molecule has 5 nitrogen and oxygen atoms in total. The van der Waals surface area contributed by atoms with Crippen LogP contribution in [-0.4, -0.2) is 15.9 Å². The minimum absolute atomic E-state index is 0.0886. The number of nitrogens with zero attached hydrogens (tertiary/aromatic N) is 3. The van der Waals surface area contributed by atoms with Crippen molar-refractivity contribution in [3.8, 4) is 5.75 Å². The highest BCUT2D eigenvalue weighted by Gasteiger charge is 2.16. The summed E-state index contributed by atoms with van der Waals surface area (Å²) in [6, 6.07) is 17.9. The Hall–Kier alpha value is -1.79. The second kappa shape index (κ2) is 11.5. The molecule has 0 amide bonds. The van der Waals surface area contributed by atoms with Gasteiger partial charge >= 0.3 is 0 Å². The van der Waals surface area contributed by atoms with E-state index < -0.39 is 0 Å². The molecule has 8 heteroatoms. The molecule has 4 aromatic rings. The van der Waals surface area contributed by atoms with Crippen molar-refractivity contribution < 1.29 is 4.74 Å². The lowest BCUT2D eigenvalue weighted by Crippen LogP contribution is -2.23. The van der Waals surface area contributed by atoms with Gasteiger partial charge in [0.05, 0.1) is 24.3 Å². The average molecular weight is 756 g/mol. The topological polar surface area (TPSA) is 56.5 Å². The molecule has 0 aliphatic rings. The summed E-state index contributed by atoms with van der Waals surface area (Å²) < 4.78 is 10.4. The van der Waals surface area contributed by atoms with Crippen LogP contribution in [0, 0.1) is 14.1 Å². The molecule has 4 rings (SSSR count). The van der Waals surface area contributed by atoms with Crippen LogP contribution in [0.4, 0.5) is 0 Å². The number of hydrogen-bond donors (Lipinski definition) is 0. The van der Waals surface area contributed by atoms with Crippen molar-refractivity contribution in [1.82, 2.24) is 9.66 Å². The van der Waals surface area contributed by atoms with Gasteiger partial charge in [0.1, 0.15) is 18.2 Å². The van der Waals surface area contributed by atoms with Crippen molar-refractivity contribution in [3.05, 3.63) is 99.1 Å². The van der Waals surface area contributed by atoms with Gasteiger partial charge in [-0.1, -0.05) is 59.6 Å². The molecule has 0 fully saturated rings. The maximum atomic E-state index is 13.3. The van der Waals surface area contributed by atoms with Crippen molar-refractivity contribution in [2.24, 2.45) is 5.10 Å². The van der Waals surface area contributed by atoms with Crippen LogP contribution in [0.1, 0.15) is 48.7 Å². The highest BCUT2D eigenvalue weighted by Crippen LogP contribution is 2.29. The van der Waals surface area contributed by atoms with Crippen LogP contribution >= 0.6 is 61.1 Å². The van der Waals surface area contributed by atoms with Gasteiger partial charge in [-0.3, -0.25) is 4.79 Å². The maximum Gasteiger partial charge on any atom is 0.282 e. The van der Waals surface area contributed by atoms with E-state index in [9.17, 15) is 4.79 Å². The molecule has 1 atom stereocenters. The predicted molar refractivity (Wildman–Crippen MR) is 163 cm³/mol. The van der Waals surface area contributed by atoms with Crippen molar-refractivity contribution in [2.75, 3.05) is 0 Å². The van der Waals surface area contributed by atoms with Crippen molar-refractivity contribution in [3.63, 3.8) is 0 Å². The van der Waals surface area contributed by atoms with Gasteiger partial charge < -0.3 is 4.74 Å². The first-order chi connectivity index (χ1) is 16.8. The van der Waals surface area contributed by atoms with Crippen LogP contribution in [-0.2, 0) is 6.61 Å². The molecule has 0 radical (unpaired) electrons. The fourth-order valence-electron chi connectivity index (χ4n) is 3.54. The zero-order chi connectivity index (χ0) is 25.1. The number of rotatable bonds is 7. The minimum Gasteiger partial charge on any atom is -0.487 e. The lowest BCUT2D eigenvalue weighted by molar-refractivity contribution is 0.301. The van der Waals surface area contributed by atoms with Crippen molar-refractivity contribution in [1.29, 1.82) is 0 Å². The molecule has 0 spiro atoms. The minimum atomic E-state index is -0.176. The van der Waals surface area contributed by atoms with Gasteiger partial charge in [-0.2, -0.15) is 9.78 Å². The van der Waals surface area contributed by atoms with E-state index in [1.54, 1.807) is 12.3 Å². The van der Waals surface area contributed by atoms with Crippen LogP contribution in [0.2, 0.25) is 0 Å². The molecule has 0 saturated carbocycles. The number of aryl methyl sites for hydroxylation is 1. The third-order valence-electron chi connectivity index (χ3n) is 5.73. The molecule has 0 N–H and O–H groups in total. The van der Waals surface area contributed by atoms with Gasteiger partial charge in [0.2, 0.25) is 0 Å². The predicted octanol–water partition coefficient (Wildman–Crippen LogP) is 7.65. The molecular weight excluding hydrogens is 732 g/mol. The summed E-state index contributed by atoms with van der Waals surface area (Å²) in [6.07, 6.45) is 2.57. The van der Waals surface area contributed by atoms with Crippen LogP contribution in [0.3, 0.4) is 0 Å². The van der Waals surface area contributed by atoms with Crippen LogP contribution in [0.5, 0.6) is 5.75 Å². The first-order valence-corrected chi connectivity index (χ1v) is 14.2. The summed E-state index contributed by atoms with van der Waals surface area (Å²) in [4.78, 5) is 18.1. The highest BCUT2D eigenvalue weighted by molar-refractivity contribution is 14.1. The zero-order valence-corrected chi connectivity index (χ0v) is 25.5. The van der Waals surface area contributed by atoms with Crippen LogP contribution < -0.4 is 10.3 Å². The fraction of sp³-hybridized carbons (Fsp3) is 0.222. The summed E-state index contributed by atoms with van der Waals surface area (Å²) in [5.41, 5.74) is 3.74. The van der Waals surface area contributed by atoms with E-state index >= 15 is 0 Å². The fourth-order valence-corrected chi connectivity index (χ4v) is 6.02. The molecule has 0 aliphatic heterocycles. The maximum absolute atomic E-state index is 13.3. The van der Waals surface area contributed by atoms with Gasteiger partial charge in [-0.25, -0.2) is 4.98 Å². The summed E-state index contributed by atoms with van der Waals surface area (Å²) >= 11 is 8.02. The Morgan fingerprint density at radius 1 is 1.11 bits per heavy atom. The number of aromatic nitrogens is 2. The Bertz CT molecular complexity index is 1440. The Morgan fingerprint density at radius 3 is 2.46 bits per heavy atom. The number of hydrogen-bond acceptors (Lipinski definition) is 4. The SMILES string of the molecule is CC[C@H](C)c1nc2ccc(Br)cc2c(=O)n1N=Cc1cc(I)c(OCc2ccc(C)cc2)c(I)c1. The Morgan fingerprint density at radius 2 is 1.80 bits per heavy atom. The second-order valence-corrected chi connectivity index (χ2v) is 11.6. The van der Waals surface area contributed by atoms with E-state index in [1.165, 1.54) is 10.2 Å². The molecule has 1 heterocycles. The van der Waals surface area contributed by atoms with Gasteiger partial charge in [-0.15, -0.1) is 0 Å². The lowest BCUT2D eigenvalue weighted by Gasteiger charge is -2.14. The number of fused-ring (bicyclic) bond motifs is 1. The second-order valence-electron chi connectivity index (χ2n) is 8.39. The molecule has 0 aliphatic carbocycles. The molecular formula is C27H24BrI2N3O2. The van der Waals surface area contributed by atoms with Gasteiger partial charge in [0.15, 0.2) is 0 Å². The number of benzene rings is 3. The monoisotopic (exact) mass is 755 g/mol. The van der Waals surface area contributed by atoms with Gasteiger partial charge in [0, 0.05) is 10.4 Å². The summed E-state index contributed by atoms with van der Waals surface area (Å²) in [6.45, 7) is 6.72. The van der Waals surface area contributed by atoms with E-state index in [1.807, 2.05) is 24.3 Å². The lowest BCUT2D eigenvalue weighted by atomic mass is 10.1. The van der Waals surface area contributed by atoms with E-state index in [0.29, 0.717) is 23.3 Å². The molecule has 35 heavy (non-hydrogen) atoms. The van der Waals surface area contributed by atoms with Crippen LogP contribution in [0.15, 0.2) is 69.0 Å². The molecule has 0 unspecified atom stereocenters. The number of halogens is 3. The zero-order valence-electron chi connectivity index (χ0n) is 19.6. The van der Waals surface area contributed by atoms with Gasteiger partial charge in [0.25, 0.3) is 5.56 Å². The Balaban J connectivity index is 1.66. The molecule has 1 aromatic heterocycles. The first kappa shape index (κ1) is 26.3. The van der Waals surface area contributed by atoms with Crippen LogP contribution in [0.25, 0.3) is 10.9 Å². The summed E-state index contributed by atoms with van der Waals surface area (Å²) in [7, 11) is 0. The van der Waals surface area contributed by atoms with E-state index in [4.69, 9.17) is 9.72 Å². The quantitative estimate of drug-likeness (QED) is 0.144. The van der Waals surface area contributed by atoms with Gasteiger partial charge in [-0.05, 0) is 100.0 Å². The molecule has 3 aromatic carbocycles. The van der Waals surface area contributed by atoms with E-state index in [2.05, 4.69) is 111 Å². The van der Waals surface area contributed by atoms with E-state index in [0.717, 1.165) is 34.9 Å². The first-order valence-electron chi connectivity index (χ1n) is 11.2. The largest absolute Gasteiger partial charge is 0.487 e. The normalized spacial score (nSPS) is 12.4. The van der Waals surface area contributed by atoms with E-state index in [-0.39, 0.29) is 11.5 Å².